The number of pyridine rings is 1. The highest BCUT2D eigenvalue weighted by atomic mass is 35.5. The van der Waals surface area contributed by atoms with Crippen LogP contribution >= 0.6 is 11.6 Å². The zero-order valence-electron chi connectivity index (χ0n) is 11.2. The molecule has 0 bridgehead atoms. The maximum Gasteiger partial charge on any atom is 0.242 e. The van der Waals surface area contributed by atoms with Gasteiger partial charge in [-0.05, 0) is 12.1 Å². The second-order valence-electron chi connectivity index (χ2n) is 4.27. The number of aromatic nitrogens is 3. The number of nitrogens with zero attached hydrogens (tertiary/aromatic N) is 3. The molecule has 0 unspecified atom stereocenters. The number of rotatable bonds is 6. The van der Waals surface area contributed by atoms with Crippen molar-refractivity contribution in [1.82, 2.24) is 19.5 Å². The second-order valence-corrected chi connectivity index (χ2v) is 6.45. The molecule has 0 aliphatic carbocycles. The molecular formula is C11H15ClN6O2S. The average Bonchev–Trinajstić information content (AvgIpc) is 2.84. The van der Waals surface area contributed by atoms with E-state index in [-0.39, 0.29) is 22.3 Å². The molecular weight excluding hydrogens is 316 g/mol. The molecule has 0 aliphatic heterocycles. The van der Waals surface area contributed by atoms with E-state index in [9.17, 15) is 8.42 Å². The summed E-state index contributed by atoms with van der Waals surface area (Å²) in [4.78, 5) is 3.81. The normalized spacial score (nSPS) is 11.6. The first-order valence-corrected chi connectivity index (χ1v) is 7.89. The van der Waals surface area contributed by atoms with E-state index >= 15 is 0 Å². The topological polar surface area (TPSA) is 115 Å². The van der Waals surface area contributed by atoms with Gasteiger partial charge in [-0.2, -0.15) is 5.10 Å². The lowest BCUT2D eigenvalue weighted by Crippen LogP contribution is -2.26. The van der Waals surface area contributed by atoms with Gasteiger partial charge in [-0.3, -0.25) is 4.68 Å². The van der Waals surface area contributed by atoms with Crippen LogP contribution in [0.25, 0.3) is 0 Å². The molecule has 0 saturated heterocycles. The third kappa shape index (κ3) is 3.91. The number of anilines is 1. The molecule has 8 nitrogen and oxygen atoms in total. The number of sulfonamides is 1. The Balaban J connectivity index is 2.02. The van der Waals surface area contributed by atoms with Crippen LogP contribution in [-0.2, 0) is 23.5 Å². The van der Waals surface area contributed by atoms with E-state index in [0.717, 1.165) is 5.69 Å². The molecule has 114 valence electrons. The zero-order valence-corrected chi connectivity index (χ0v) is 12.8. The van der Waals surface area contributed by atoms with E-state index < -0.39 is 10.0 Å². The number of hydrogen-bond donors (Lipinski definition) is 3. The molecule has 0 fully saturated rings. The van der Waals surface area contributed by atoms with Crippen molar-refractivity contribution in [3.63, 3.8) is 0 Å². The lowest BCUT2D eigenvalue weighted by atomic mass is 10.3. The average molecular weight is 331 g/mol. The van der Waals surface area contributed by atoms with Gasteiger partial charge in [0.15, 0.2) is 5.82 Å². The van der Waals surface area contributed by atoms with Gasteiger partial charge in [0.1, 0.15) is 4.90 Å². The minimum Gasteiger partial charge on any atom is -0.307 e. The number of nitrogens with two attached hydrogens (primary N) is 1. The highest BCUT2D eigenvalue weighted by Gasteiger charge is 2.16. The van der Waals surface area contributed by atoms with Crippen molar-refractivity contribution in [2.45, 2.75) is 11.3 Å². The quantitative estimate of drug-likeness (QED) is 0.517. The fraction of sp³-hybridized carbons (Fsp3) is 0.273. The molecule has 0 atom stereocenters. The van der Waals surface area contributed by atoms with Gasteiger partial charge in [-0.15, -0.1) is 0 Å². The Morgan fingerprint density at radius 3 is 2.81 bits per heavy atom. The fourth-order valence-corrected chi connectivity index (χ4v) is 2.95. The number of hydrazine groups is 1. The summed E-state index contributed by atoms with van der Waals surface area (Å²) >= 11 is 5.86. The van der Waals surface area contributed by atoms with Crippen LogP contribution in [0.1, 0.15) is 5.69 Å². The van der Waals surface area contributed by atoms with Gasteiger partial charge in [0.25, 0.3) is 0 Å². The Morgan fingerprint density at radius 1 is 1.48 bits per heavy atom. The summed E-state index contributed by atoms with van der Waals surface area (Å²) in [5, 5.41) is 4.30. The van der Waals surface area contributed by atoms with Crippen LogP contribution in [0.3, 0.4) is 0 Å². The second kappa shape index (κ2) is 6.39. The molecule has 2 heterocycles. The number of halogens is 1. The van der Waals surface area contributed by atoms with Gasteiger partial charge in [0, 0.05) is 32.4 Å². The van der Waals surface area contributed by atoms with E-state index in [4.69, 9.17) is 17.4 Å². The Labute approximate surface area is 127 Å². The van der Waals surface area contributed by atoms with Crippen molar-refractivity contribution in [2.24, 2.45) is 12.9 Å². The van der Waals surface area contributed by atoms with Gasteiger partial charge in [0.05, 0.1) is 10.7 Å². The summed E-state index contributed by atoms with van der Waals surface area (Å²) in [6.45, 7) is 0.230. The van der Waals surface area contributed by atoms with Crippen molar-refractivity contribution < 1.29 is 8.42 Å². The maximum atomic E-state index is 12.1. The smallest absolute Gasteiger partial charge is 0.242 e. The summed E-state index contributed by atoms with van der Waals surface area (Å²) < 4.78 is 28.3. The first-order chi connectivity index (χ1) is 9.92. The summed E-state index contributed by atoms with van der Waals surface area (Å²) in [7, 11) is -1.87. The molecule has 0 amide bonds. The van der Waals surface area contributed by atoms with Gasteiger partial charge < -0.3 is 5.43 Å². The van der Waals surface area contributed by atoms with Crippen LogP contribution in [0.2, 0.25) is 5.02 Å². The van der Waals surface area contributed by atoms with Crippen LogP contribution in [0, 0.1) is 0 Å². The molecule has 2 rings (SSSR count). The van der Waals surface area contributed by atoms with Gasteiger partial charge in [-0.1, -0.05) is 11.6 Å². The number of aryl methyl sites for hydroxylation is 1. The SMILES string of the molecule is Cn1ccc(CCNS(=O)(=O)c2cnc(NN)c(Cl)c2)n1. The van der Waals surface area contributed by atoms with Crippen LogP contribution in [-0.4, -0.2) is 29.7 Å². The van der Waals surface area contributed by atoms with Crippen LogP contribution in [0.15, 0.2) is 29.4 Å². The lowest BCUT2D eigenvalue weighted by molar-refractivity contribution is 0.580. The molecule has 0 aliphatic rings. The monoisotopic (exact) mass is 330 g/mol. The van der Waals surface area contributed by atoms with E-state index in [2.05, 4.69) is 20.2 Å². The highest BCUT2D eigenvalue weighted by molar-refractivity contribution is 7.89. The Morgan fingerprint density at radius 2 is 2.24 bits per heavy atom. The summed E-state index contributed by atoms with van der Waals surface area (Å²) in [6.07, 6.45) is 3.47. The molecule has 4 N–H and O–H groups in total. The van der Waals surface area contributed by atoms with Crippen molar-refractivity contribution in [3.05, 3.63) is 35.2 Å². The third-order valence-electron chi connectivity index (χ3n) is 2.71. The molecule has 0 radical (unpaired) electrons. The predicted octanol–water partition coefficient (Wildman–Crippen LogP) is 0.275. The molecule has 10 heteroatoms. The minimum absolute atomic E-state index is 0.0208. The molecule has 2 aromatic heterocycles. The third-order valence-corrected chi connectivity index (χ3v) is 4.42. The minimum atomic E-state index is -3.67. The Kier molecular flexibility index (Phi) is 4.78. The molecule has 0 spiro atoms. The number of hydrogen-bond acceptors (Lipinski definition) is 6. The van der Waals surface area contributed by atoms with Crippen LogP contribution in [0.4, 0.5) is 5.82 Å². The molecule has 21 heavy (non-hydrogen) atoms. The van der Waals surface area contributed by atoms with Gasteiger partial charge in [0.2, 0.25) is 10.0 Å². The first-order valence-electron chi connectivity index (χ1n) is 6.03. The standard InChI is InChI=1S/C11H15ClN6O2S/c1-18-5-3-8(17-18)2-4-15-21(19,20)9-6-10(12)11(16-13)14-7-9/h3,5-7,15H,2,4,13H2,1H3,(H,14,16). The zero-order chi connectivity index (χ0) is 15.5. The Hall–Kier alpha value is -1.68. The molecule has 0 aromatic carbocycles. The summed E-state index contributed by atoms with van der Waals surface area (Å²) in [5.74, 6) is 5.40. The summed E-state index contributed by atoms with van der Waals surface area (Å²) in [5.41, 5.74) is 3.08. The van der Waals surface area contributed by atoms with Crippen LogP contribution in [0.5, 0.6) is 0 Å². The summed E-state index contributed by atoms with van der Waals surface area (Å²) in [6, 6.07) is 3.11. The highest BCUT2D eigenvalue weighted by Crippen LogP contribution is 2.21. The van der Waals surface area contributed by atoms with Crippen molar-refractivity contribution in [2.75, 3.05) is 12.0 Å². The lowest BCUT2D eigenvalue weighted by Gasteiger charge is -2.08. The molecule has 0 saturated carbocycles. The van der Waals surface area contributed by atoms with E-state index in [1.165, 1.54) is 12.3 Å². The van der Waals surface area contributed by atoms with E-state index in [0.29, 0.717) is 6.42 Å². The van der Waals surface area contributed by atoms with Crippen LogP contribution < -0.4 is 16.0 Å². The van der Waals surface area contributed by atoms with Gasteiger partial charge >= 0.3 is 0 Å². The van der Waals surface area contributed by atoms with Gasteiger partial charge in [-0.25, -0.2) is 24.0 Å². The fourth-order valence-electron chi connectivity index (χ4n) is 1.67. The number of nitrogen functional groups attached to an aromatic ring is 1. The number of nitrogens with one attached hydrogen (secondary N) is 2. The predicted molar refractivity (Wildman–Crippen MR) is 79.2 cm³/mol. The van der Waals surface area contributed by atoms with Crippen molar-refractivity contribution in [1.29, 1.82) is 0 Å². The van der Waals surface area contributed by atoms with E-state index in [1.807, 2.05) is 6.07 Å². The van der Waals surface area contributed by atoms with Crippen molar-refractivity contribution in [3.8, 4) is 0 Å². The van der Waals surface area contributed by atoms with E-state index in [1.54, 1.807) is 17.9 Å². The van der Waals surface area contributed by atoms with Crippen molar-refractivity contribution >= 4 is 27.4 Å². The maximum absolute atomic E-state index is 12.1. The Bertz CT molecular complexity index is 730. The first kappa shape index (κ1) is 15.7. The largest absolute Gasteiger partial charge is 0.307 e. The molecule has 2 aromatic rings.